The van der Waals surface area contributed by atoms with Crippen molar-refractivity contribution >= 4 is 6.29 Å². The molecule has 1 saturated carbocycles. The minimum Gasteiger partial charge on any atom is -0.327 e. The van der Waals surface area contributed by atoms with Gasteiger partial charge in [-0.05, 0) is 12.8 Å². The number of rotatable bonds is 1. The van der Waals surface area contributed by atoms with Crippen molar-refractivity contribution in [2.45, 2.75) is 25.3 Å². The quantitative estimate of drug-likeness (QED) is 0.497. The van der Waals surface area contributed by atoms with E-state index in [1.54, 1.807) is 0 Å². The molecule has 1 aliphatic carbocycles. The average Bonchev–Trinajstić information content (AvgIpc) is 2.14. The van der Waals surface area contributed by atoms with Gasteiger partial charge in [0, 0.05) is 12.0 Å². The minimum absolute atomic E-state index is 0.160. The predicted molar refractivity (Wildman–Crippen MR) is 31.4 cm³/mol. The molecule has 8 heavy (non-hydrogen) atoms. The summed E-state index contributed by atoms with van der Waals surface area (Å²) in [6.07, 6.45) is 4.15. The molecule has 0 aliphatic heterocycles. The summed E-state index contributed by atoms with van der Waals surface area (Å²) in [7, 11) is 0. The minimum atomic E-state index is 0.160. The van der Waals surface area contributed by atoms with Crippen LogP contribution in [-0.4, -0.2) is 12.3 Å². The van der Waals surface area contributed by atoms with Gasteiger partial charge < -0.3 is 10.5 Å². The lowest BCUT2D eigenvalue weighted by Crippen LogP contribution is -2.24. The Balaban J connectivity index is 2.41. The van der Waals surface area contributed by atoms with Gasteiger partial charge in [0.2, 0.25) is 0 Å². The fraction of sp³-hybridized carbons (Fsp3) is 0.833. The van der Waals surface area contributed by atoms with E-state index in [1.165, 1.54) is 0 Å². The molecular formula is C6H11NO. The third-order valence-corrected chi connectivity index (χ3v) is 1.80. The van der Waals surface area contributed by atoms with Crippen LogP contribution in [-0.2, 0) is 4.79 Å². The molecule has 46 valence electrons. The fourth-order valence-corrected chi connectivity index (χ4v) is 1.19. The maximum atomic E-state index is 10.1. The zero-order valence-electron chi connectivity index (χ0n) is 4.84. The van der Waals surface area contributed by atoms with Crippen LogP contribution < -0.4 is 5.73 Å². The van der Waals surface area contributed by atoms with Gasteiger partial charge in [0.1, 0.15) is 6.29 Å². The highest BCUT2D eigenvalue weighted by Gasteiger charge is 2.22. The number of hydrogen-bond donors (Lipinski definition) is 1. The summed E-state index contributed by atoms with van der Waals surface area (Å²) in [4.78, 5) is 10.1. The molecule has 0 aromatic rings. The molecule has 0 amide bonds. The van der Waals surface area contributed by atoms with Crippen LogP contribution in [0.5, 0.6) is 0 Å². The van der Waals surface area contributed by atoms with Crippen LogP contribution >= 0.6 is 0 Å². The van der Waals surface area contributed by atoms with Crippen LogP contribution in [0.15, 0.2) is 0 Å². The highest BCUT2D eigenvalue weighted by molar-refractivity contribution is 5.55. The van der Waals surface area contributed by atoms with Crippen LogP contribution in [0.1, 0.15) is 19.3 Å². The van der Waals surface area contributed by atoms with Gasteiger partial charge in [0.15, 0.2) is 0 Å². The second-order valence-corrected chi connectivity index (χ2v) is 2.39. The molecular weight excluding hydrogens is 102 g/mol. The maximum Gasteiger partial charge on any atom is 0.124 e. The van der Waals surface area contributed by atoms with Gasteiger partial charge in [0.25, 0.3) is 0 Å². The van der Waals surface area contributed by atoms with E-state index in [1.807, 2.05) is 0 Å². The topological polar surface area (TPSA) is 43.1 Å². The van der Waals surface area contributed by atoms with Gasteiger partial charge >= 0.3 is 0 Å². The number of aldehydes is 1. The summed E-state index contributed by atoms with van der Waals surface area (Å²) in [5.74, 6) is 0.162. The van der Waals surface area contributed by atoms with Crippen molar-refractivity contribution in [2.75, 3.05) is 0 Å². The highest BCUT2D eigenvalue weighted by atomic mass is 16.1. The first-order valence-corrected chi connectivity index (χ1v) is 3.05. The van der Waals surface area contributed by atoms with E-state index in [2.05, 4.69) is 0 Å². The summed E-state index contributed by atoms with van der Waals surface area (Å²) < 4.78 is 0. The smallest absolute Gasteiger partial charge is 0.124 e. The summed E-state index contributed by atoms with van der Waals surface area (Å²) in [6.45, 7) is 0. The molecule has 2 heteroatoms. The number of nitrogens with two attached hydrogens (primary N) is 1. The van der Waals surface area contributed by atoms with Crippen LogP contribution in [0.4, 0.5) is 0 Å². The van der Waals surface area contributed by atoms with Crippen LogP contribution in [0.3, 0.4) is 0 Å². The zero-order chi connectivity index (χ0) is 5.98. The molecule has 1 rings (SSSR count). The van der Waals surface area contributed by atoms with E-state index in [4.69, 9.17) is 5.73 Å². The lowest BCUT2D eigenvalue weighted by molar-refractivity contribution is -0.111. The Kier molecular flexibility index (Phi) is 1.63. The molecule has 0 aromatic heterocycles. The summed E-state index contributed by atoms with van der Waals surface area (Å²) >= 11 is 0. The van der Waals surface area contributed by atoms with E-state index >= 15 is 0 Å². The Morgan fingerprint density at radius 1 is 1.50 bits per heavy atom. The molecule has 1 aliphatic rings. The van der Waals surface area contributed by atoms with Crippen molar-refractivity contribution in [2.24, 2.45) is 11.7 Å². The Hall–Kier alpha value is -0.370. The van der Waals surface area contributed by atoms with Crippen molar-refractivity contribution in [3.05, 3.63) is 0 Å². The average molecular weight is 113 g/mol. The first kappa shape index (κ1) is 5.76. The van der Waals surface area contributed by atoms with E-state index in [-0.39, 0.29) is 12.0 Å². The van der Waals surface area contributed by atoms with Crippen molar-refractivity contribution in [3.8, 4) is 0 Å². The van der Waals surface area contributed by atoms with E-state index in [0.717, 1.165) is 25.5 Å². The lowest BCUT2D eigenvalue weighted by atomic mass is 10.1. The Morgan fingerprint density at radius 3 is 2.50 bits per heavy atom. The normalized spacial score (nSPS) is 37.6. The molecule has 2 nitrogen and oxygen atoms in total. The first-order valence-electron chi connectivity index (χ1n) is 3.05. The molecule has 0 heterocycles. The van der Waals surface area contributed by atoms with E-state index in [9.17, 15) is 4.79 Å². The van der Waals surface area contributed by atoms with Gasteiger partial charge in [-0.3, -0.25) is 0 Å². The molecule has 0 radical (unpaired) electrons. The summed E-state index contributed by atoms with van der Waals surface area (Å²) in [5.41, 5.74) is 5.56. The van der Waals surface area contributed by atoms with E-state index < -0.39 is 0 Å². The van der Waals surface area contributed by atoms with Gasteiger partial charge in [-0.25, -0.2) is 0 Å². The maximum absolute atomic E-state index is 10.1. The zero-order valence-corrected chi connectivity index (χ0v) is 4.84. The third-order valence-electron chi connectivity index (χ3n) is 1.80. The SMILES string of the molecule is N[C@H]1CCC[C@H]1C=O. The fourth-order valence-electron chi connectivity index (χ4n) is 1.19. The van der Waals surface area contributed by atoms with E-state index in [0.29, 0.717) is 0 Å². The van der Waals surface area contributed by atoms with Gasteiger partial charge in [-0.1, -0.05) is 6.42 Å². The summed E-state index contributed by atoms with van der Waals surface area (Å²) in [5, 5.41) is 0. The second-order valence-electron chi connectivity index (χ2n) is 2.39. The largest absolute Gasteiger partial charge is 0.327 e. The molecule has 0 aromatic carbocycles. The molecule has 0 bridgehead atoms. The van der Waals surface area contributed by atoms with Crippen LogP contribution in [0.2, 0.25) is 0 Å². The number of carbonyl (C=O) groups excluding carboxylic acids is 1. The first-order chi connectivity index (χ1) is 3.84. The Morgan fingerprint density at radius 2 is 2.25 bits per heavy atom. The molecule has 2 atom stereocenters. The van der Waals surface area contributed by atoms with Gasteiger partial charge in [-0.15, -0.1) is 0 Å². The molecule has 2 N–H and O–H groups in total. The Labute approximate surface area is 49.1 Å². The molecule has 0 saturated heterocycles. The van der Waals surface area contributed by atoms with Gasteiger partial charge in [0.05, 0.1) is 0 Å². The van der Waals surface area contributed by atoms with Crippen molar-refractivity contribution in [1.82, 2.24) is 0 Å². The molecule has 0 unspecified atom stereocenters. The Bertz CT molecular complexity index is 92.5. The number of carbonyl (C=O) groups is 1. The van der Waals surface area contributed by atoms with Crippen molar-refractivity contribution in [1.29, 1.82) is 0 Å². The van der Waals surface area contributed by atoms with Crippen molar-refractivity contribution in [3.63, 3.8) is 0 Å². The standard InChI is InChI=1S/C6H11NO/c7-6-3-1-2-5(6)4-8/h4-6H,1-3,7H2/t5-,6-/m0/s1. The van der Waals surface area contributed by atoms with Crippen LogP contribution in [0.25, 0.3) is 0 Å². The second kappa shape index (κ2) is 2.27. The number of hydrogen-bond acceptors (Lipinski definition) is 2. The molecule has 0 spiro atoms. The van der Waals surface area contributed by atoms with Crippen LogP contribution in [0, 0.1) is 5.92 Å². The predicted octanol–water partition coefficient (Wildman–Crippen LogP) is 0.313. The molecule has 1 fully saturated rings. The third kappa shape index (κ3) is 0.892. The summed E-state index contributed by atoms with van der Waals surface area (Å²) in [6, 6.07) is 0.160. The highest BCUT2D eigenvalue weighted by Crippen LogP contribution is 2.21. The monoisotopic (exact) mass is 113 g/mol. The van der Waals surface area contributed by atoms with Crippen molar-refractivity contribution < 1.29 is 4.79 Å². The van der Waals surface area contributed by atoms with Gasteiger partial charge in [-0.2, -0.15) is 0 Å². The lowest BCUT2D eigenvalue weighted by Gasteiger charge is -2.04.